The van der Waals surface area contributed by atoms with Gasteiger partial charge in [0.2, 0.25) is 0 Å². The minimum Gasteiger partial charge on any atom is -0.389 e. The van der Waals surface area contributed by atoms with Crippen LogP contribution in [0.4, 0.5) is 4.79 Å². The first-order valence-electron chi connectivity index (χ1n) is 8.78. The van der Waals surface area contributed by atoms with Crippen LogP contribution in [0.25, 0.3) is 0 Å². The fraction of sp³-hybridized carbons (Fsp3) is 0.938. The van der Waals surface area contributed by atoms with E-state index in [9.17, 15) is 9.90 Å². The Morgan fingerprint density at radius 3 is 2.64 bits per heavy atom. The van der Waals surface area contributed by atoms with E-state index in [1.165, 1.54) is 38.5 Å². The van der Waals surface area contributed by atoms with Gasteiger partial charge in [-0.25, -0.2) is 10.3 Å². The molecule has 0 saturated carbocycles. The third kappa shape index (κ3) is 9.97. The Kier molecular flexibility index (Phi) is 11.1. The molecular formula is C16H33N3O3. The van der Waals surface area contributed by atoms with Crippen molar-refractivity contribution in [1.82, 2.24) is 15.7 Å². The summed E-state index contributed by atoms with van der Waals surface area (Å²) in [6, 6.07) is -0.333. The van der Waals surface area contributed by atoms with Crippen LogP contribution in [0.3, 0.4) is 0 Å². The van der Waals surface area contributed by atoms with E-state index in [0.29, 0.717) is 13.1 Å². The molecule has 0 aliphatic carbocycles. The molecule has 3 N–H and O–H groups in total. The van der Waals surface area contributed by atoms with E-state index in [1.54, 1.807) is 0 Å². The number of urea groups is 1. The molecule has 0 spiro atoms. The number of hydroxylamine groups is 1. The monoisotopic (exact) mass is 315 g/mol. The number of aliphatic hydroxyl groups excluding tert-OH is 1. The van der Waals surface area contributed by atoms with Gasteiger partial charge in [-0.05, 0) is 32.4 Å². The van der Waals surface area contributed by atoms with E-state index < -0.39 is 6.10 Å². The molecule has 0 radical (unpaired) electrons. The molecule has 0 bridgehead atoms. The number of unbranched alkanes of at least 4 members (excludes halogenated alkanes) is 4. The second kappa shape index (κ2) is 12.7. The van der Waals surface area contributed by atoms with Crippen LogP contribution in [0.1, 0.15) is 58.3 Å². The van der Waals surface area contributed by atoms with Crippen molar-refractivity contribution in [1.29, 1.82) is 0 Å². The van der Waals surface area contributed by atoms with Gasteiger partial charge in [0.25, 0.3) is 0 Å². The van der Waals surface area contributed by atoms with E-state index in [2.05, 4.69) is 22.6 Å². The molecule has 1 aliphatic rings. The van der Waals surface area contributed by atoms with Crippen molar-refractivity contribution >= 4 is 6.03 Å². The minimum atomic E-state index is -0.563. The van der Waals surface area contributed by atoms with Crippen molar-refractivity contribution in [2.75, 3.05) is 32.8 Å². The van der Waals surface area contributed by atoms with Gasteiger partial charge in [-0.15, -0.1) is 0 Å². The van der Waals surface area contributed by atoms with Crippen molar-refractivity contribution in [3.8, 4) is 0 Å². The highest BCUT2D eigenvalue weighted by molar-refractivity contribution is 5.72. The third-order valence-electron chi connectivity index (χ3n) is 3.92. The highest BCUT2D eigenvalue weighted by atomic mass is 16.7. The summed E-state index contributed by atoms with van der Waals surface area (Å²) >= 11 is 0. The second-order valence-corrected chi connectivity index (χ2v) is 6.10. The Balaban J connectivity index is 1.92. The van der Waals surface area contributed by atoms with Crippen LogP contribution in [0.5, 0.6) is 0 Å². The molecule has 1 fully saturated rings. The van der Waals surface area contributed by atoms with Crippen molar-refractivity contribution in [2.24, 2.45) is 0 Å². The van der Waals surface area contributed by atoms with Gasteiger partial charge in [0.15, 0.2) is 0 Å². The molecule has 1 rings (SSSR count). The first-order valence-corrected chi connectivity index (χ1v) is 8.78. The lowest BCUT2D eigenvalue weighted by molar-refractivity contribution is -0.0174. The molecule has 1 saturated heterocycles. The normalized spacial score (nSPS) is 17.2. The Morgan fingerprint density at radius 2 is 1.91 bits per heavy atom. The SMILES string of the molecule is CCCCCCCNC(=O)NOCC(O)CN1CCCCC1. The summed E-state index contributed by atoms with van der Waals surface area (Å²) in [4.78, 5) is 18.8. The number of carbonyl (C=O) groups is 1. The molecule has 6 nitrogen and oxygen atoms in total. The fourth-order valence-electron chi connectivity index (χ4n) is 2.66. The fourth-order valence-corrected chi connectivity index (χ4v) is 2.66. The zero-order chi connectivity index (χ0) is 16.0. The standard InChI is InChI=1S/C16H33N3O3/c1-2-3-4-5-7-10-17-16(21)18-22-14-15(20)13-19-11-8-6-9-12-19/h15,20H,2-14H2,1H3,(H2,17,18,21). The number of aliphatic hydroxyl groups is 1. The third-order valence-corrected chi connectivity index (χ3v) is 3.92. The van der Waals surface area contributed by atoms with Crippen LogP contribution >= 0.6 is 0 Å². The van der Waals surface area contributed by atoms with Crippen LogP contribution in [0.2, 0.25) is 0 Å². The number of rotatable bonds is 11. The van der Waals surface area contributed by atoms with Gasteiger partial charge in [0, 0.05) is 13.1 Å². The molecule has 0 aromatic carbocycles. The van der Waals surface area contributed by atoms with Gasteiger partial charge >= 0.3 is 6.03 Å². The van der Waals surface area contributed by atoms with E-state index in [4.69, 9.17) is 4.84 Å². The topological polar surface area (TPSA) is 73.8 Å². The number of carbonyl (C=O) groups excluding carboxylic acids is 1. The molecule has 1 aliphatic heterocycles. The molecule has 1 heterocycles. The predicted molar refractivity (Wildman–Crippen MR) is 87.5 cm³/mol. The summed E-state index contributed by atoms with van der Waals surface area (Å²) < 4.78 is 0. The zero-order valence-corrected chi connectivity index (χ0v) is 14.0. The number of nitrogens with zero attached hydrogens (tertiary/aromatic N) is 1. The number of hydrogen-bond donors (Lipinski definition) is 3. The number of β-amino-alcohol motifs (C(OH)–C–C–N with tert-alkyl or cyclic N) is 1. The summed E-state index contributed by atoms with van der Waals surface area (Å²) in [6.07, 6.45) is 8.95. The first-order chi connectivity index (χ1) is 10.7. The van der Waals surface area contributed by atoms with Crippen LogP contribution < -0.4 is 10.8 Å². The van der Waals surface area contributed by atoms with Gasteiger partial charge < -0.3 is 15.3 Å². The smallest absolute Gasteiger partial charge is 0.338 e. The van der Waals surface area contributed by atoms with Crippen molar-refractivity contribution < 1.29 is 14.7 Å². The molecule has 6 heteroatoms. The molecule has 1 atom stereocenters. The quantitative estimate of drug-likeness (QED) is 0.403. The summed E-state index contributed by atoms with van der Waals surface area (Å²) in [5, 5.41) is 12.6. The maximum absolute atomic E-state index is 11.5. The van der Waals surface area contributed by atoms with Gasteiger partial charge in [-0.2, -0.15) is 0 Å². The average molecular weight is 315 g/mol. The summed E-state index contributed by atoms with van der Waals surface area (Å²) in [5.41, 5.74) is 2.32. The number of likely N-dealkylation sites (tertiary alicyclic amines) is 1. The molecule has 1 unspecified atom stereocenters. The molecule has 22 heavy (non-hydrogen) atoms. The summed E-state index contributed by atoms with van der Waals surface area (Å²) in [5.74, 6) is 0. The lowest BCUT2D eigenvalue weighted by atomic mass is 10.1. The van der Waals surface area contributed by atoms with Crippen LogP contribution in [0, 0.1) is 0 Å². The zero-order valence-electron chi connectivity index (χ0n) is 14.0. The highest BCUT2D eigenvalue weighted by Gasteiger charge is 2.15. The van der Waals surface area contributed by atoms with Crippen molar-refractivity contribution in [3.05, 3.63) is 0 Å². The number of piperidine rings is 1. The summed E-state index contributed by atoms with van der Waals surface area (Å²) in [6.45, 7) is 5.67. The van der Waals surface area contributed by atoms with Gasteiger partial charge in [0.05, 0.1) is 6.10 Å². The van der Waals surface area contributed by atoms with E-state index in [1.807, 2.05) is 0 Å². The lowest BCUT2D eigenvalue weighted by Gasteiger charge is -2.28. The van der Waals surface area contributed by atoms with Crippen LogP contribution in [0.15, 0.2) is 0 Å². The average Bonchev–Trinajstić information content (AvgIpc) is 2.51. The number of amides is 2. The molecule has 0 aromatic rings. The van der Waals surface area contributed by atoms with Crippen LogP contribution in [-0.2, 0) is 4.84 Å². The Morgan fingerprint density at radius 1 is 1.18 bits per heavy atom. The molecule has 0 aromatic heterocycles. The predicted octanol–water partition coefficient (Wildman–Crippen LogP) is 2.03. The van der Waals surface area contributed by atoms with Crippen LogP contribution in [-0.4, -0.2) is 54.9 Å². The summed E-state index contributed by atoms with van der Waals surface area (Å²) in [7, 11) is 0. The van der Waals surface area contributed by atoms with Gasteiger partial charge in [0.1, 0.15) is 6.61 Å². The molecule has 130 valence electrons. The lowest BCUT2D eigenvalue weighted by Crippen LogP contribution is -2.41. The number of nitrogens with one attached hydrogen (secondary N) is 2. The Labute approximate surface area is 134 Å². The number of hydrogen-bond acceptors (Lipinski definition) is 4. The van der Waals surface area contributed by atoms with Gasteiger partial charge in [-0.1, -0.05) is 39.0 Å². The Bertz CT molecular complexity index is 284. The van der Waals surface area contributed by atoms with Crippen molar-refractivity contribution in [3.63, 3.8) is 0 Å². The maximum atomic E-state index is 11.5. The Hall–Kier alpha value is -0.850. The van der Waals surface area contributed by atoms with Gasteiger partial charge in [-0.3, -0.25) is 4.84 Å². The second-order valence-electron chi connectivity index (χ2n) is 6.10. The van der Waals surface area contributed by atoms with E-state index >= 15 is 0 Å². The first kappa shape index (κ1) is 19.2. The molecule has 2 amide bonds. The molecular weight excluding hydrogens is 282 g/mol. The highest BCUT2D eigenvalue weighted by Crippen LogP contribution is 2.08. The maximum Gasteiger partial charge on any atom is 0.338 e. The van der Waals surface area contributed by atoms with Crippen molar-refractivity contribution in [2.45, 2.75) is 64.4 Å². The minimum absolute atomic E-state index is 0.125. The largest absolute Gasteiger partial charge is 0.389 e. The van der Waals surface area contributed by atoms with E-state index in [-0.39, 0.29) is 12.6 Å². The van der Waals surface area contributed by atoms with E-state index in [0.717, 1.165) is 25.9 Å².